The molecule has 4 aromatic rings. The van der Waals surface area contributed by atoms with Crippen molar-refractivity contribution in [1.29, 1.82) is 0 Å². The molecule has 0 unspecified atom stereocenters. The molecule has 0 bridgehead atoms. The number of aromatic hydroxyl groups is 1. The fourth-order valence-electron chi connectivity index (χ4n) is 3.76. The van der Waals surface area contributed by atoms with Crippen LogP contribution in [0.2, 0.25) is 0 Å². The molecular weight excluding hydrogens is 388 g/mol. The molecule has 3 aromatic carbocycles. The van der Waals surface area contributed by atoms with E-state index in [4.69, 9.17) is 4.98 Å². The number of nitrogens with one attached hydrogen (secondary N) is 1. The molecule has 6 nitrogen and oxygen atoms in total. The van der Waals surface area contributed by atoms with Crippen LogP contribution in [0.4, 0.5) is 0 Å². The van der Waals surface area contributed by atoms with Crippen molar-refractivity contribution in [2.24, 2.45) is 5.10 Å². The molecular formula is C25H26N4O2. The Hall–Kier alpha value is -3.67. The highest BCUT2D eigenvalue weighted by Crippen LogP contribution is 2.25. The molecule has 1 aromatic heterocycles. The zero-order valence-corrected chi connectivity index (χ0v) is 17.6. The van der Waals surface area contributed by atoms with E-state index in [2.05, 4.69) is 22.0 Å². The van der Waals surface area contributed by atoms with Crippen molar-refractivity contribution in [1.82, 2.24) is 15.0 Å². The van der Waals surface area contributed by atoms with Crippen molar-refractivity contribution >= 4 is 33.9 Å². The fourth-order valence-corrected chi connectivity index (χ4v) is 3.76. The smallest absolute Gasteiger partial charge is 0.241 e. The van der Waals surface area contributed by atoms with Gasteiger partial charge in [-0.1, -0.05) is 55.8 Å². The SMILES string of the molecule is CCCCc1nc2ccccc2n1CCC(=O)N/N=C\c1c(O)ccc2ccccc12. The number of hydrazone groups is 1. The number of phenols is 1. The number of carbonyl (C=O) groups is 1. The van der Waals surface area contributed by atoms with Crippen LogP contribution in [0.25, 0.3) is 21.8 Å². The van der Waals surface area contributed by atoms with Crippen LogP contribution < -0.4 is 5.43 Å². The molecule has 0 fully saturated rings. The van der Waals surface area contributed by atoms with Gasteiger partial charge in [-0.05, 0) is 35.4 Å². The summed E-state index contributed by atoms with van der Waals surface area (Å²) < 4.78 is 2.13. The molecule has 1 heterocycles. The number of aryl methyl sites for hydroxylation is 2. The highest BCUT2D eigenvalue weighted by atomic mass is 16.3. The van der Waals surface area contributed by atoms with E-state index in [1.165, 1.54) is 6.21 Å². The van der Waals surface area contributed by atoms with Gasteiger partial charge in [-0.2, -0.15) is 5.10 Å². The number of nitrogens with zero attached hydrogens (tertiary/aromatic N) is 3. The number of hydrogen-bond acceptors (Lipinski definition) is 4. The zero-order chi connectivity index (χ0) is 21.6. The van der Waals surface area contributed by atoms with Gasteiger partial charge in [0.2, 0.25) is 5.91 Å². The van der Waals surface area contributed by atoms with E-state index in [1.54, 1.807) is 6.07 Å². The molecule has 158 valence electrons. The van der Waals surface area contributed by atoms with Crippen LogP contribution in [-0.4, -0.2) is 26.8 Å². The summed E-state index contributed by atoms with van der Waals surface area (Å²) in [6, 6.07) is 19.2. The summed E-state index contributed by atoms with van der Waals surface area (Å²) in [5.74, 6) is 0.956. The largest absolute Gasteiger partial charge is 0.507 e. The van der Waals surface area contributed by atoms with Crippen LogP contribution in [0.1, 0.15) is 37.6 Å². The van der Waals surface area contributed by atoms with E-state index in [1.807, 2.05) is 54.6 Å². The van der Waals surface area contributed by atoms with Crippen LogP contribution >= 0.6 is 0 Å². The molecule has 1 amide bonds. The molecule has 0 aliphatic rings. The molecule has 0 aliphatic carbocycles. The number of fused-ring (bicyclic) bond motifs is 2. The van der Waals surface area contributed by atoms with E-state index in [-0.39, 0.29) is 11.7 Å². The standard InChI is InChI=1S/C25H26N4O2/c1-2-3-12-24-27-21-10-6-7-11-22(21)29(24)16-15-25(31)28-26-17-20-19-9-5-4-8-18(19)13-14-23(20)30/h4-11,13-14,17,30H,2-3,12,15-16H2,1H3,(H,28,31)/b26-17-. The first kappa shape index (κ1) is 20.6. The van der Waals surface area contributed by atoms with Gasteiger partial charge < -0.3 is 9.67 Å². The van der Waals surface area contributed by atoms with Crippen LogP contribution in [0.5, 0.6) is 5.75 Å². The van der Waals surface area contributed by atoms with Gasteiger partial charge in [0.15, 0.2) is 0 Å². The first-order chi connectivity index (χ1) is 15.2. The van der Waals surface area contributed by atoms with Crippen LogP contribution in [0.15, 0.2) is 65.8 Å². The van der Waals surface area contributed by atoms with Crippen molar-refractivity contribution in [3.8, 4) is 5.75 Å². The second-order valence-corrected chi connectivity index (χ2v) is 7.53. The first-order valence-electron chi connectivity index (χ1n) is 10.6. The van der Waals surface area contributed by atoms with E-state index >= 15 is 0 Å². The predicted octanol–water partition coefficient (Wildman–Crippen LogP) is 4.78. The molecule has 4 rings (SSSR count). The Bertz CT molecular complexity index is 1240. The Morgan fingerprint density at radius 1 is 1.13 bits per heavy atom. The highest BCUT2D eigenvalue weighted by Gasteiger charge is 2.11. The normalized spacial score (nSPS) is 11.5. The molecule has 0 saturated carbocycles. The molecule has 31 heavy (non-hydrogen) atoms. The van der Waals surface area contributed by atoms with Crippen LogP contribution in [-0.2, 0) is 17.8 Å². The molecule has 0 spiro atoms. The number of rotatable bonds is 8. The fraction of sp³-hybridized carbons (Fsp3) is 0.240. The van der Waals surface area contributed by atoms with Gasteiger partial charge >= 0.3 is 0 Å². The van der Waals surface area contributed by atoms with E-state index in [0.717, 1.165) is 46.9 Å². The molecule has 0 aliphatic heterocycles. The predicted molar refractivity (Wildman–Crippen MR) is 124 cm³/mol. The maximum absolute atomic E-state index is 12.4. The number of aromatic nitrogens is 2. The Kier molecular flexibility index (Phi) is 6.26. The molecule has 0 saturated heterocycles. The van der Waals surface area contributed by atoms with Gasteiger partial charge in [0.05, 0.1) is 17.2 Å². The van der Waals surface area contributed by atoms with Gasteiger partial charge in [-0.25, -0.2) is 10.4 Å². The summed E-state index contributed by atoms with van der Waals surface area (Å²) in [6.45, 7) is 2.70. The number of phenolic OH excluding ortho intramolecular Hbond substituents is 1. The second-order valence-electron chi connectivity index (χ2n) is 7.53. The molecule has 0 radical (unpaired) electrons. The minimum atomic E-state index is -0.185. The average molecular weight is 415 g/mol. The van der Waals surface area contributed by atoms with Gasteiger partial charge in [0, 0.05) is 24.9 Å². The summed E-state index contributed by atoms with van der Waals surface area (Å²) in [5, 5.41) is 16.1. The summed E-state index contributed by atoms with van der Waals surface area (Å²) in [5.41, 5.74) is 5.17. The zero-order valence-electron chi connectivity index (χ0n) is 17.6. The number of unbranched alkanes of at least 4 members (excludes halogenated alkanes) is 1. The summed E-state index contributed by atoms with van der Waals surface area (Å²) in [4.78, 5) is 17.2. The van der Waals surface area contributed by atoms with Gasteiger partial charge in [-0.3, -0.25) is 4.79 Å². The van der Waals surface area contributed by atoms with Crippen molar-refractivity contribution in [2.75, 3.05) is 0 Å². The lowest BCUT2D eigenvalue weighted by Gasteiger charge is -2.08. The molecule has 0 atom stereocenters. The summed E-state index contributed by atoms with van der Waals surface area (Å²) in [6.07, 6.45) is 4.84. The number of hydrogen-bond donors (Lipinski definition) is 2. The Balaban J connectivity index is 1.44. The summed E-state index contributed by atoms with van der Waals surface area (Å²) >= 11 is 0. The third-order valence-corrected chi connectivity index (χ3v) is 5.38. The van der Waals surface area contributed by atoms with E-state index in [9.17, 15) is 9.90 Å². The lowest BCUT2D eigenvalue weighted by molar-refractivity contribution is -0.121. The lowest BCUT2D eigenvalue weighted by Crippen LogP contribution is -2.20. The maximum Gasteiger partial charge on any atom is 0.241 e. The third-order valence-electron chi connectivity index (χ3n) is 5.38. The summed E-state index contributed by atoms with van der Waals surface area (Å²) in [7, 11) is 0. The topological polar surface area (TPSA) is 79.5 Å². The van der Waals surface area contributed by atoms with Gasteiger partial charge in [0.25, 0.3) is 0 Å². The average Bonchev–Trinajstić information content (AvgIpc) is 3.15. The Morgan fingerprint density at radius 3 is 2.81 bits per heavy atom. The maximum atomic E-state index is 12.4. The van der Waals surface area contributed by atoms with Gasteiger partial charge in [-0.15, -0.1) is 0 Å². The molecule has 2 N–H and O–H groups in total. The van der Waals surface area contributed by atoms with E-state index < -0.39 is 0 Å². The van der Waals surface area contributed by atoms with Crippen LogP contribution in [0, 0.1) is 0 Å². The minimum absolute atomic E-state index is 0.127. The van der Waals surface area contributed by atoms with Gasteiger partial charge in [0.1, 0.15) is 11.6 Å². The van der Waals surface area contributed by atoms with Crippen molar-refractivity contribution in [3.05, 3.63) is 72.1 Å². The second kappa shape index (κ2) is 9.43. The van der Waals surface area contributed by atoms with Crippen molar-refractivity contribution < 1.29 is 9.90 Å². The number of amides is 1. The number of para-hydroxylation sites is 2. The number of benzene rings is 3. The van der Waals surface area contributed by atoms with Crippen molar-refractivity contribution in [2.45, 2.75) is 39.2 Å². The quantitative estimate of drug-likeness (QED) is 0.322. The van der Waals surface area contributed by atoms with Crippen LogP contribution in [0.3, 0.4) is 0 Å². The number of carbonyl (C=O) groups excluding carboxylic acids is 1. The van der Waals surface area contributed by atoms with Crippen molar-refractivity contribution in [3.63, 3.8) is 0 Å². The lowest BCUT2D eigenvalue weighted by atomic mass is 10.0. The Morgan fingerprint density at radius 2 is 1.94 bits per heavy atom. The first-order valence-corrected chi connectivity index (χ1v) is 10.6. The van der Waals surface area contributed by atoms with E-state index in [0.29, 0.717) is 18.5 Å². The number of imidazole rings is 1. The minimum Gasteiger partial charge on any atom is -0.507 e. The third kappa shape index (κ3) is 4.58. The Labute approximate surface area is 181 Å². The monoisotopic (exact) mass is 414 g/mol. The highest BCUT2D eigenvalue weighted by molar-refractivity contribution is 6.02. The molecule has 6 heteroatoms.